The number of hydrogen-bond acceptors (Lipinski definition) is 3. The number of carboxylic acids is 1. The molecule has 0 saturated heterocycles. The average molecular weight is 297 g/mol. The first-order chi connectivity index (χ1) is 9.97. The summed E-state index contributed by atoms with van der Waals surface area (Å²) < 4.78 is 0. The van der Waals surface area contributed by atoms with Gasteiger partial charge in [-0.05, 0) is 38.0 Å². The van der Waals surface area contributed by atoms with Gasteiger partial charge in [-0.15, -0.1) is 0 Å². The second-order valence-corrected chi connectivity index (χ2v) is 5.86. The summed E-state index contributed by atoms with van der Waals surface area (Å²) in [5.74, 6) is -1.14. The number of likely N-dealkylation sites (N-methyl/N-ethyl adjacent to an activating group) is 2. The van der Waals surface area contributed by atoms with Crippen molar-refractivity contribution in [2.75, 3.05) is 20.1 Å². The minimum absolute atomic E-state index is 0.0165. The maximum atomic E-state index is 12.3. The molecule has 0 heterocycles. The summed E-state index contributed by atoms with van der Waals surface area (Å²) in [7, 11) is 1.52. The number of nitrogens with zero attached hydrogens (tertiary/aromatic N) is 1. The number of hydrogen-bond donors (Lipinski definition) is 3. The lowest BCUT2D eigenvalue weighted by atomic mass is 9.84. The Bertz CT molecular complexity index is 440. The summed E-state index contributed by atoms with van der Waals surface area (Å²) in [4.78, 5) is 36.5. The van der Waals surface area contributed by atoms with Gasteiger partial charge in [-0.25, -0.2) is 4.79 Å². The second kappa shape index (κ2) is 6.32. The van der Waals surface area contributed by atoms with Crippen molar-refractivity contribution in [3.63, 3.8) is 0 Å². The molecule has 2 aliphatic rings. The fraction of sp³-hybridized carbons (Fsp3) is 0.786. The molecule has 7 nitrogen and oxygen atoms in total. The van der Waals surface area contributed by atoms with E-state index in [4.69, 9.17) is 0 Å². The molecule has 4 atom stereocenters. The predicted octanol–water partition coefficient (Wildman–Crippen LogP) is 0.263. The second-order valence-electron chi connectivity index (χ2n) is 5.86. The molecule has 0 aromatic carbocycles. The van der Waals surface area contributed by atoms with Crippen LogP contribution in [-0.2, 0) is 9.59 Å². The fourth-order valence-electron chi connectivity index (χ4n) is 3.67. The van der Waals surface area contributed by atoms with Crippen LogP contribution in [0, 0.1) is 17.8 Å². The molecule has 3 N–H and O–H groups in total. The molecule has 0 radical (unpaired) electrons. The Morgan fingerprint density at radius 3 is 2.48 bits per heavy atom. The van der Waals surface area contributed by atoms with Crippen molar-refractivity contribution in [2.45, 2.75) is 32.2 Å². The van der Waals surface area contributed by atoms with Gasteiger partial charge in [0.25, 0.3) is 0 Å². The highest BCUT2D eigenvalue weighted by atomic mass is 16.4. The minimum Gasteiger partial charge on any atom is -0.481 e. The number of rotatable bonds is 5. The van der Waals surface area contributed by atoms with Crippen LogP contribution in [-0.4, -0.2) is 54.1 Å². The summed E-state index contributed by atoms with van der Waals surface area (Å²) in [5.41, 5.74) is 0. The van der Waals surface area contributed by atoms with Gasteiger partial charge in [0.2, 0.25) is 5.91 Å². The Balaban J connectivity index is 2.00. The SMILES string of the molecule is CCN(CC(=O)NC)C(=O)NC1C2CCC(C2)C1C(=O)O. The van der Waals surface area contributed by atoms with Crippen LogP contribution < -0.4 is 10.6 Å². The zero-order valence-electron chi connectivity index (χ0n) is 12.5. The third-order valence-electron chi connectivity index (χ3n) is 4.77. The van der Waals surface area contributed by atoms with Crippen molar-refractivity contribution in [2.24, 2.45) is 17.8 Å². The first-order valence-electron chi connectivity index (χ1n) is 7.46. The van der Waals surface area contributed by atoms with E-state index in [1.54, 1.807) is 6.92 Å². The van der Waals surface area contributed by atoms with Gasteiger partial charge in [0, 0.05) is 19.6 Å². The summed E-state index contributed by atoms with van der Waals surface area (Å²) in [6.07, 6.45) is 2.79. The molecular formula is C14H23N3O4. The van der Waals surface area contributed by atoms with Crippen LogP contribution in [0.15, 0.2) is 0 Å². The summed E-state index contributed by atoms with van der Waals surface area (Å²) >= 11 is 0. The van der Waals surface area contributed by atoms with Crippen molar-refractivity contribution in [3.8, 4) is 0 Å². The Kier molecular flexibility index (Phi) is 4.69. The first-order valence-corrected chi connectivity index (χ1v) is 7.46. The lowest BCUT2D eigenvalue weighted by Crippen LogP contribution is -2.52. The minimum atomic E-state index is -0.832. The molecule has 21 heavy (non-hydrogen) atoms. The number of carbonyl (C=O) groups is 3. The Morgan fingerprint density at radius 2 is 1.90 bits per heavy atom. The highest BCUT2D eigenvalue weighted by Gasteiger charge is 2.51. The van der Waals surface area contributed by atoms with E-state index in [1.807, 2.05) is 0 Å². The summed E-state index contributed by atoms with van der Waals surface area (Å²) in [6.45, 7) is 2.17. The first kappa shape index (κ1) is 15.6. The van der Waals surface area contributed by atoms with Crippen LogP contribution in [0.3, 0.4) is 0 Å². The maximum Gasteiger partial charge on any atom is 0.318 e. The van der Waals surface area contributed by atoms with Gasteiger partial charge in [-0.1, -0.05) is 0 Å². The molecule has 3 amide bonds. The number of amides is 3. The van der Waals surface area contributed by atoms with E-state index < -0.39 is 11.9 Å². The molecule has 0 aliphatic heterocycles. The van der Waals surface area contributed by atoms with Gasteiger partial charge >= 0.3 is 12.0 Å². The van der Waals surface area contributed by atoms with E-state index in [-0.39, 0.29) is 36.4 Å². The van der Waals surface area contributed by atoms with Crippen molar-refractivity contribution in [1.82, 2.24) is 15.5 Å². The monoisotopic (exact) mass is 297 g/mol. The van der Waals surface area contributed by atoms with Crippen LogP contribution >= 0.6 is 0 Å². The molecule has 4 unspecified atom stereocenters. The quantitative estimate of drug-likeness (QED) is 0.678. The highest BCUT2D eigenvalue weighted by molar-refractivity contribution is 5.84. The molecule has 118 valence electrons. The fourth-order valence-corrected chi connectivity index (χ4v) is 3.67. The third kappa shape index (κ3) is 3.11. The van der Waals surface area contributed by atoms with Gasteiger partial charge in [-0.3, -0.25) is 9.59 Å². The molecule has 2 fully saturated rings. The molecular weight excluding hydrogens is 274 g/mol. The standard InChI is InChI=1S/C14H23N3O4/c1-3-17(7-10(18)15-2)14(21)16-12-9-5-4-8(6-9)11(12)13(19)20/h8-9,11-12H,3-7H2,1-2H3,(H,15,18)(H,16,21)(H,19,20). The molecule has 0 aromatic heterocycles. The van der Waals surface area contributed by atoms with Crippen molar-refractivity contribution in [1.29, 1.82) is 0 Å². The molecule has 7 heteroatoms. The van der Waals surface area contributed by atoms with E-state index in [1.165, 1.54) is 11.9 Å². The maximum absolute atomic E-state index is 12.3. The number of aliphatic carboxylic acids is 1. The van der Waals surface area contributed by atoms with Gasteiger partial charge in [-0.2, -0.15) is 0 Å². The molecule has 2 bridgehead atoms. The molecule has 2 saturated carbocycles. The average Bonchev–Trinajstić information content (AvgIpc) is 3.04. The van der Waals surface area contributed by atoms with Crippen molar-refractivity contribution in [3.05, 3.63) is 0 Å². The molecule has 0 spiro atoms. The van der Waals surface area contributed by atoms with Gasteiger partial charge in [0.1, 0.15) is 6.54 Å². The Hall–Kier alpha value is -1.79. The van der Waals surface area contributed by atoms with E-state index in [9.17, 15) is 19.5 Å². The Morgan fingerprint density at radius 1 is 1.24 bits per heavy atom. The van der Waals surface area contributed by atoms with Crippen LogP contribution in [0.1, 0.15) is 26.2 Å². The zero-order chi connectivity index (χ0) is 15.6. The molecule has 2 aliphatic carbocycles. The highest BCUT2D eigenvalue weighted by Crippen LogP contribution is 2.48. The van der Waals surface area contributed by atoms with Crippen molar-refractivity contribution >= 4 is 17.9 Å². The number of nitrogens with one attached hydrogen (secondary N) is 2. The van der Waals surface area contributed by atoms with Crippen molar-refractivity contribution < 1.29 is 19.5 Å². The Labute approximate surface area is 124 Å². The van der Waals surface area contributed by atoms with E-state index in [0.29, 0.717) is 6.54 Å². The molecule has 2 rings (SSSR count). The lowest BCUT2D eigenvalue weighted by Gasteiger charge is -2.31. The lowest BCUT2D eigenvalue weighted by molar-refractivity contribution is -0.144. The van der Waals surface area contributed by atoms with Gasteiger partial charge in [0.15, 0.2) is 0 Å². The number of carbonyl (C=O) groups excluding carboxylic acids is 2. The summed E-state index contributed by atoms with van der Waals surface area (Å²) in [6, 6.07) is -0.669. The smallest absolute Gasteiger partial charge is 0.318 e. The van der Waals surface area contributed by atoms with Crippen LogP contribution in [0.4, 0.5) is 4.79 Å². The number of fused-ring (bicyclic) bond motifs is 2. The van der Waals surface area contributed by atoms with Crippen LogP contribution in [0.5, 0.6) is 0 Å². The molecule has 0 aromatic rings. The van der Waals surface area contributed by atoms with E-state index >= 15 is 0 Å². The largest absolute Gasteiger partial charge is 0.481 e. The topological polar surface area (TPSA) is 98.7 Å². The summed E-state index contributed by atoms with van der Waals surface area (Å²) in [5, 5.41) is 14.7. The van der Waals surface area contributed by atoms with Gasteiger partial charge in [0.05, 0.1) is 5.92 Å². The van der Waals surface area contributed by atoms with Crippen LogP contribution in [0.25, 0.3) is 0 Å². The van der Waals surface area contributed by atoms with E-state index in [2.05, 4.69) is 10.6 Å². The predicted molar refractivity (Wildman–Crippen MR) is 75.6 cm³/mol. The third-order valence-corrected chi connectivity index (χ3v) is 4.77. The number of urea groups is 1. The van der Waals surface area contributed by atoms with Gasteiger partial charge < -0.3 is 20.6 Å². The zero-order valence-corrected chi connectivity index (χ0v) is 12.5. The normalized spacial score (nSPS) is 30.0. The van der Waals surface area contributed by atoms with Crippen LogP contribution in [0.2, 0.25) is 0 Å². The van der Waals surface area contributed by atoms with E-state index in [0.717, 1.165) is 19.3 Å². The number of carboxylic acid groups (broad SMARTS) is 1.